The van der Waals surface area contributed by atoms with Crippen LogP contribution in [0.2, 0.25) is 10.0 Å². The summed E-state index contributed by atoms with van der Waals surface area (Å²) < 4.78 is 33.8. The lowest BCUT2D eigenvalue weighted by Crippen LogP contribution is -2.50. The number of aromatic nitrogens is 1. The summed E-state index contributed by atoms with van der Waals surface area (Å²) in [7, 11) is 0. The number of benzene rings is 2. The fourth-order valence-electron chi connectivity index (χ4n) is 4.70. The molecular weight excluding hydrogens is 614 g/mol. The lowest BCUT2D eigenvalue weighted by molar-refractivity contribution is -0.156. The molecule has 11 heteroatoms. The van der Waals surface area contributed by atoms with Crippen LogP contribution in [-0.4, -0.2) is 42.3 Å². The molecule has 1 atom stereocenters. The third-order valence-corrected chi connectivity index (χ3v) is 7.65. The molecule has 39 heavy (non-hydrogen) atoms. The van der Waals surface area contributed by atoms with Gasteiger partial charge in [-0.25, -0.2) is 9.18 Å². The summed E-state index contributed by atoms with van der Waals surface area (Å²) >= 11 is 15.5. The molecule has 5 rings (SSSR count). The van der Waals surface area contributed by atoms with Gasteiger partial charge in [-0.05, 0) is 68.3 Å². The predicted octanol–water partition coefficient (Wildman–Crippen LogP) is 6.47. The van der Waals surface area contributed by atoms with Gasteiger partial charge in [0.15, 0.2) is 5.72 Å². The normalized spacial score (nSPS) is 19.2. The van der Waals surface area contributed by atoms with Crippen molar-refractivity contribution in [2.75, 3.05) is 24.7 Å². The molecule has 3 aromatic rings. The van der Waals surface area contributed by atoms with Gasteiger partial charge in [-0.1, -0.05) is 39.1 Å². The molecule has 0 N–H and O–H groups in total. The molecule has 7 nitrogen and oxygen atoms in total. The number of hydrogen-bond donors (Lipinski definition) is 0. The molecule has 1 amide bonds. The minimum atomic E-state index is -1.63. The summed E-state index contributed by atoms with van der Waals surface area (Å²) in [5.41, 5.74) is -1.17. The van der Waals surface area contributed by atoms with Crippen molar-refractivity contribution in [2.24, 2.45) is 0 Å². The number of fused-ring (bicyclic) bond motifs is 1. The van der Waals surface area contributed by atoms with Gasteiger partial charge in [-0.3, -0.25) is 14.7 Å². The number of ether oxygens (including phenoxy) is 3. The number of esters is 1. The number of pyridine rings is 1. The Bertz CT molecular complexity index is 1400. The van der Waals surface area contributed by atoms with Crippen molar-refractivity contribution in [3.05, 3.63) is 91.9 Å². The highest BCUT2D eigenvalue weighted by Gasteiger charge is 2.56. The van der Waals surface area contributed by atoms with Crippen molar-refractivity contribution in [3.63, 3.8) is 0 Å². The van der Waals surface area contributed by atoms with Crippen molar-refractivity contribution < 1.29 is 28.2 Å². The number of rotatable bonds is 10. The summed E-state index contributed by atoms with van der Waals surface area (Å²) in [6.07, 6.45) is 2.76. The topological polar surface area (TPSA) is 78.0 Å². The van der Waals surface area contributed by atoms with Gasteiger partial charge in [-0.15, -0.1) is 0 Å². The molecule has 1 aliphatic carbocycles. The molecule has 2 heterocycles. The van der Waals surface area contributed by atoms with Gasteiger partial charge in [0.05, 0.1) is 35.0 Å². The van der Waals surface area contributed by atoms with Crippen LogP contribution in [0.25, 0.3) is 0 Å². The Kier molecular flexibility index (Phi) is 7.99. The highest BCUT2D eigenvalue weighted by molar-refractivity contribution is 9.10. The van der Waals surface area contributed by atoms with Crippen molar-refractivity contribution in [1.82, 2.24) is 4.98 Å². The van der Waals surface area contributed by atoms with Gasteiger partial charge < -0.3 is 14.2 Å². The second-order valence-corrected chi connectivity index (χ2v) is 11.2. The smallest absolute Gasteiger partial charge is 0.332 e. The Labute approximate surface area is 243 Å². The molecule has 1 aliphatic heterocycles. The van der Waals surface area contributed by atoms with Crippen LogP contribution in [0.3, 0.4) is 0 Å². The Morgan fingerprint density at radius 3 is 2.46 bits per heavy atom. The predicted molar refractivity (Wildman–Crippen MR) is 147 cm³/mol. The zero-order chi connectivity index (χ0) is 27.8. The Balaban J connectivity index is 1.60. The molecule has 1 unspecified atom stereocenters. The largest absolute Gasteiger partial charge is 0.464 e. The second-order valence-electron chi connectivity index (χ2n) is 9.42. The minimum Gasteiger partial charge on any atom is -0.464 e. The number of nitrogens with zero attached hydrogens (tertiary/aromatic N) is 2. The van der Waals surface area contributed by atoms with E-state index in [2.05, 4.69) is 20.9 Å². The first kappa shape index (κ1) is 28.0. The lowest BCUT2D eigenvalue weighted by atomic mass is 9.94. The van der Waals surface area contributed by atoms with Crippen LogP contribution in [0.5, 0.6) is 0 Å². The molecule has 1 aromatic heterocycles. The van der Waals surface area contributed by atoms with E-state index in [1.807, 2.05) is 0 Å². The standard InChI is InChI=1S/C28H24BrCl2FN2O5/c1-2-37-24(35)15-38-27(9-10-27)16-39-28(13-20-6-3-19(31)14-33-20)25-22(11-17(29)12-23(25)32)26(36)34(28)21-7-4-18(30)5-8-21/h3-8,11-12,14H,2,9-10,13,15-16H2,1H3. The number of carbonyl (C=O) groups is 2. The van der Waals surface area contributed by atoms with E-state index in [-0.39, 0.29) is 37.4 Å². The van der Waals surface area contributed by atoms with Crippen LogP contribution < -0.4 is 4.90 Å². The summed E-state index contributed by atoms with van der Waals surface area (Å²) in [6, 6.07) is 12.9. The molecule has 0 saturated heterocycles. The number of hydrogen-bond acceptors (Lipinski definition) is 6. The Morgan fingerprint density at radius 2 is 1.82 bits per heavy atom. The van der Waals surface area contributed by atoms with E-state index < -0.39 is 29.0 Å². The second kappa shape index (κ2) is 11.1. The third kappa shape index (κ3) is 5.69. The first-order valence-corrected chi connectivity index (χ1v) is 13.8. The molecule has 204 valence electrons. The van der Waals surface area contributed by atoms with E-state index in [4.69, 9.17) is 37.4 Å². The maximum Gasteiger partial charge on any atom is 0.332 e. The fraction of sp³-hybridized carbons (Fsp3) is 0.321. The van der Waals surface area contributed by atoms with Gasteiger partial charge >= 0.3 is 5.97 Å². The number of amides is 1. The van der Waals surface area contributed by atoms with E-state index in [1.54, 1.807) is 49.4 Å². The number of halogens is 4. The van der Waals surface area contributed by atoms with Crippen LogP contribution in [0, 0.1) is 5.82 Å². The van der Waals surface area contributed by atoms with E-state index in [1.165, 1.54) is 17.2 Å². The summed E-state index contributed by atoms with van der Waals surface area (Å²) in [5, 5.41) is 0.914. The van der Waals surface area contributed by atoms with E-state index in [9.17, 15) is 9.59 Å². The zero-order valence-corrected chi connectivity index (χ0v) is 24.0. The van der Waals surface area contributed by atoms with Crippen molar-refractivity contribution in [2.45, 2.75) is 37.5 Å². The first-order valence-electron chi connectivity index (χ1n) is 12.3. The molecule has 0 radical (unpaired) electrons. The average Bonchev–Trinajstić information content (AvgIpc) is 3.64. The molecule has 0 bridgehead atoms. The molecule has 2 aromatic carbocycles. The van der Waals surface area contributed by atoms with Crippen molar-refractivity contribution in [1.29, 1.82) is 0 Å². The van der Waals surface area contributed by atoms with Gasteiger partial charge in [0, 0.05) is 33.5 Å². The minimum absolute atomic E-state index is 0.00763. The maximum atomic E-state index is 15.9. The lowest BCUT2D eigenvalue weighted by Gasteiger charge is -2.40. The van der Waals surface area contributed by atoms with Gasteiger partial charge in [0.1, 0.15) is 12.4 Å². The van der Waals surface area contributed by atoms with Crippen LogP contribution in [-0.2, 0) is 31.2 Å². The zero-order valence-electron chi connectivity index (χ0n) is 20.9. The number of carbonyl (C=O) groups excluding carboxylic acids is 2. The van der Waals surface area contributed by atoms with Gasteiger partial charge in [-0.2, -0.15) is 0 Å². The molecule has 0 spiro atoms. The average molecular weight is 638 g/mol. The Hall–Kier alpha value is -2.56. The van der Waals surface area contributed by atoms with Crippen LogP contribution in [0.4, 0.5) is 10.1 Å². The first-order chi connectivity index (χ1) is 18.7. The monoisotopic (exact) mass is 636 g/mol. The van der Waals surface area contributed by atoms with Crippen molar-refractivity contribution in [3.8, 4) is 0 Å². The highest BCUT2D eigenvalue weighted by Crippen LogP contribution is 2.50. The van der Waals surface area contributed by atoms with Crippen molar-refractivity contribution >= 4 is 56.7 Å². The summed E-state index contributed by atoms with van der Waals surface area (Å²) in [6.45, 7) is 1.72. The SMILES string of the molecule is CCOC(=O)COC1(COC2(Cc3ccc(Cl)cn3)c3c(F)cc(Br)cc3C(=O)N2c2ccc(Cl)cc2)CC1. The molecule has 1 saturated carbocycles. The summed E-state index contributed by atoms with van der Waals surface area (Å²) in [4.78, 5) is 31.7. The summed E-state index contributed by atoms with van der Waals surface area (Å²) in [5.74, 6) is -1.54. The highest BCUT2D eigenvalue weighted by atomic mass is 79.9. The van der Waals surface area contributed by atoms with Crippen LogP contribution >= 0.6 is 39.1 Å². The molecule has 1 fully saturated rings. The van der Waals surface area contributed by atoms with E-state index in [0.29, 0.717) is 38.7 Å². The Morgan fingerprint density at radius 1 is 1.10 bits per heavy atom. The van der Waals surface area contributed by atoms with Crippen LogP contribution in [0.15, 0.2) is 59.2 Å². The maximum absolute atomic E-state index is 15.9. The van der Waals surface area contributed by atoms with Gasteiger partial charge in [0.2, 0.25) is 0 Å². The quantitative estimate of drug-likeness (QED) is 0.237. The van der Waals surface area contributed by atoms with E-state index >= 15 is 4.39 Å². The number of anilines is 1. The van der Waals surface area contributed by atoms with Gasteiger partial charge in [0.25, 0.3) is 5.91 Å². The molecular formula is C28H24BrCl2FN2O5. The van der Waals surface area contributed by atoms with Crippen LogP contribution in [0.1, 0.15) is 41.4 Å². The van der Waals surface area contributed by atoms with E-state index in [0.717, 1.165) is 0 Å². The fourth-order valence-corrected chi connectivity index (χ4v) is 5.37. The third-order valence-electron chi connectivity index (χ3n) is 6.72. The molecule has 2 aliphatic rings.